The number of hydrogen-bond donors (Lipinski definition) is 2. The highest BCUT2D eigenvalue weighted by Gasteiger charge is 2.17. The number of nitrogens with zero attached hydrogens (tertiary/aromatic N) is 1. The molecule has 0 aliphatic rings. The van der Waals surface area contributed by atoms with E-state index in [-0.39, 0.29) is 22.5 Å². The first kappa shape index (κ1) is 19.3. The van der Waals surface area contributed by atoms with Gasteiger partial charge in [-0.05, 0) is 30.7 Å². The third-order valence-electron chi connectivity index (χ3n) is 2.92. The second-order valence-electron chi connectivity index (χ2n) is 4.82. The fraction of sp³-hybridized carbons (Fsp3) is 0.125. The molecule has 0 saturated heterocycles. The number of allylic oxidation sites excluding steroid dienone is 2. The van der Waals surface area contributed by atoms with Gasteiger partial charge in [0.05, 0.1) is 17.0 Å². The van der Waals surface area contributed by atoms with Crippen molar-refractivity contribution in [2.24, 2.45) is 16.5 Å². The number of aliphatic imine (C=N–C) groups is 1. The van der Waals surface area contributed by atoms with Crippen molar-refractivity contribution in [1.82, 2.24) is 0 Å². The fourth-order valence-electron chi connectivity index (χ4n) is 1.74. The number of carbonyl (C=O) groups is 1. The van der Waals surface area contributed by atoms with Crippen LogP contribution in [0.4, 0.5) is 4.39 Å². The van der Waals surface area contributed by atoms with Crippen LogP contribution in [0.3, 0.4) is 0 Å². The summed E-state index contributed by atoms with van der Waals surface area (Å²) in [4.78, 5) is 15.7. The second kappa shape index (κ2) is 7.69. The van der Waals surface area contributed by atoms with E-state index in [1.165, 1.54) is 18.2 Å². The van der Waals surface area contributed by atoms with Gasteiger partial charge < -0.3 is 11.5 Å². The summed E-state index contributed by atoms with van der Waals surface area (Å²) in [5.41, 5.74) is 11.4. The lowest BCUT2D eigenvalue weighted by Gasteiger charge is -2.10. The molecule has 6 nitrogen and oxygen atoms in total. The zero-order chi connectivity index (χ0) is 18.5. The van der Waals surface area contributed by atoms with Crippen molar-refractivity contribution in [2.75, 3.05) is 6.26 Å². The predicted octanol–water partition coefficient (Wildman–Crippen LogP) is 1.51. The van der Waals surface area contributed by atoms with Gasteiger partial charge in [0.15, 0.2) is 9.84 Å². The number of hydrogen-bond acceptors (Lipinski definition) is 5. The molecule has 1 aromatic carbocycles. The Bertz CT molecular complexity index is 851. The molecule has 0 aliphatic heterocycles. The van der Waals surface area contributed by atoms with Crippen molar-refractivity contribution in [3.05, 3.63) is 65.1 Å². The molecule has 1 amide bonds. The first-order valence-electron chi connectivity index (χ1n) is 6.74. The van der Waals surface area contributed by atoms with E-state index in [1.54, 1.807) is 13.0 Å². The van der Waals surface area contributed by atoms with Crippen molar-refractivity contribution in [3.63, 3.8) is 0 Å². The molecule has 8 heteroatoms. The summed E-state index contributed by atoms with van der Waals surface area (Å²) in [7, 11) is -3.63. The molecule has 0 fully saturated rings. The molecule has 0 aliphatic carbocycles. The van der Waals surface area contributed by atoms with Gasteiger partial charge in [0.25, 0.3) is 5.91 Å². The molecule has 1 aromatic rings. The van der Waals surface area contributed by atoms with Gasteiger partial charge in [0.1, 0.15) is 10.8 Å². The number of benzene rings is 1. The average Bonchev–Trinajstić information content (AvgIpc) is 2.47. The standard InChI is InChI=1S/C16H18FN3O3S/c1-4-5-13(20-10(2)24(3,22)23)15(18)14(16(19)21)11-6-8-12(17)9-7-11/h4-9H,2,18H2,1,3H3,(H2,19,21)/b5-4-,15-14-,20-13+. The third kappa shape index (κ3) is 4.88. The van der Waals surface area contributed by atoms with Crippen LogP contribution in [0, 0.1) is 5.82 Å². The van der Waals surface area contributed by atoms with Crippen molar-refractivity contribution in [3.8, 4) is 0 Å². The summed E-state index contributed by atoms with van der Waals surface area (Å²) in [5, 5.41) is -0.415. The van der Waals surface area contributed by atoms with Crippen LogP contribution in [-0.2, 0) is 14.6 Å². The minimum Gasteiger partial charge on any atom is -0.396 e. The topological polar surface area (TPSA) is 116 Å². The summed E-state index contributed by atoms with van der Waals surface area (Å²) in [6.07, 6.45) is 3.92. The van der Waals surface area contributed by atoms with Crippen LogP contribution in [0.15, 0.2) is 58.7 Å². The largest absolute Gasteiger partial charge is 0.396 e. The molecule has 128 valence electrons. The van der Waals surface area contributed by atoms with Crippen molar-refractivity contribution in [2.45, 2.75) is 6.92 Å². The van der Waals surface area contributed by atoms with Crippen molar-refractivity contribution in [1.29, 1.82) is 0 Å². The molecule has 0 atom stereocenters. The van der Waals surface area contributed by atoms with Gasteiger partial charge in [-0.3, -0.25) is 4.79 Å². The molecule has 24 heavy (non-hydrogen) atoms. The van der Waals surface area contributed by atoms with Crippen LogP contribution in [0.2, 0.25) is 0 Å². The number of primary amides is 1. The Morgan fingerprint density at radius 2 is 1.79 bits per heavy atom. The Kier molecular flexibility index (Phi) is 6.19. The quantitative estimate of drug-likeness (QED) is 0.597. The van der Waals surface area contributed by atoms with Gasteiger partial charge in [-0.25, -0.2) is 17.8 Å². The van der Waals surface area contributed by atoms with E-state index in [2.05, 4.69) is 11.6 Å². The summed E-state index contributed by atoms with van der Waals surface area (Å²) in [6.45, 7) is 5.03. The van der Waals surface area contributed by atoms with Crippen molar-refractivity contribution >= 4 is 27.0 Å². The van der Waals surface area contributed by atoms with Crippen LogP contribution in [0.25, 0.3) is 5.57 Å². The maximum atomic E-state index is 13.1. The monoisotopic (exact) mass is 351 g/mol. The summed E-state index contributed by atoms with van der Waals surface area (Å²) in [6, 6.07) is 4.96. The minimum atomic E-state index is -3.63. The maximum Gasteiger partial charge on any atom is 0.251 e. The number of carbonyl (C=O) groups excluding carboxylic acids is 1. The Hall–Kier alpha value is -2.74. The average molecular weight is 351 g/mol. The highest BCUT2D eigenvalue weighted by Crippen LogP contribution is 2.19. The van der Waals surface area contributed by atoms with E-state index in [0.717, 1.165) is 18.4 Å². The third-order valence-corrected chi connectivity index (χ3v) is 3.87. The summed E-state index contributed by atoms with van der Waals surface area (Å²) in [5.74, 6) is -1.35. The van der Waals surface area contributed by atoms with Crippen molar-refractivity contribution < 1.29 is 17.6 Å². The second-order valence-corrected chi connectivity index (χ2v) is 6.84. The maximum absolute atomic E-state index is 13.1. The lowest BCUT2D eigenvalue weighted by atomic mass is 10.0. The number of sulfone groups is 1. The molecular formula is C16H18FN3O3S. The molecule has 4 N–H and O–H groups in total. The molecule has 0 bridgehead atoms. The fourth-order valence-corrected chi connectivity index (χ4v) is 2.00. The number of halogens is 1. The van der Waals surface area contributed by atoms with E-state index >= 15 is 0 Å². The van der Waals surface area contributed by atoms with Crippen LogP contribution in [0.1, 0.15) is 12.5 Å². The van der Waals surface area contributed by atoms with Gasteiger partial charge in [-0.1, -0.05) is 24.8 Å². The van der Waals surface area contributed by atoms with Gasteiger partial charge in [0.2, 0.25) is 0 Å². The molecular weight excluding hydrogens is 333 g/mol. The first-order valence-corrected chi connectivity index (χ1v) is 8.63. The Balaban J connectivity index is 3.60. The zero-order valence-electron chi connectivity index (χ0n) is 13.3. The lowest BCUT2D eigenvalue weighted by Crippen LogP contribution is -2.22. The van der Waals surface area contributed by atoms with Gasteiger partial charge in [-0.2, -0.15) is 0 Å². The lowest BCUT2D eigenvalue weighted by molar-refractivity contribution is -0.112. The van der Waals surface area contributed by atoms with E-state index in [4.69, 9.17) is 11.5 Å². The molecule has 0 aromatic heterocycles. The molecule has 1 rings (SSSR count). The van der Waals surface area contributed by atoms with E-state index in [9.17, 15) is 17.6 Å². The normalized spacial score (nSPS) is 13.7. The summed E-state index contributed by atoms with van der Waals surface area (Å²) >= 11 is 0. The van der Waals surface area contributed by atoms with Crippen LogP contribution >= 0.6 is 0 Å². The molecule has 0 spiro atoms. The van der Waals surface area contributed by atoms with Crippen LogP contribution in [0.5, 0.6) is 0 Å². The van der Waals surface area contributed by atoms with E-state index < -0.39 is 26.6 Å². The predicted molar refractivity (Wildman–Crippen MR) is 92.9 cm³/mol. The van der Waals surface area contributed by atoms with Crippen LogP contribution in [-0.4, -0.2) is 26.3 Å². The Morgan fingerprint density at radius 1 is 1.25 bits per heavy atom. The molecule has 0 unspecified atom stereocenters. The zero-order valence-corrected chi connectivity index (χ0v) is 14.1. The highest BCUT2D eigenvalue weighted by molar-refractivity contribution is 7.94. The van der Waals surface area contributed by atoms with Gasteiger partial charge >= 0.3 is 0 Å². The van der Waals surface area contributed by atoms with E-state index in [0.29, 0.717) is 0 Å². The number of nitrogens with two attached hydrogens (primary N) is 2. The Labute approximate surface area is 140 Å². The van der Waals surface area contributed by atoms with E-state index in [1.807, 2.05) is 0 Å². The molecule has 0 radical (unpaired) electrons. The summed E-state index contributed by atoms with van der Waals surface area (Å²) < 4.78 is 36.0. The number of rotatable bonds is 6. The minimum absolute atomic E-state index is 0.00560. The van der Waals surface area contributed by atoms with Gasteiger partial charge in [0, 0.05) is 6.26 Å². The molecule has 0 saturated carbocycles. The smallest absolute Gasteiger partial charge is 0.251 e. The SMILES string of the molecule is C=C(/N=C(\C=C/C)C(/N)=C(/C(N)=O)c1ccc(F)cc1)S(C)(=O)=O. The Morgan fingerprint density at radius 3 is 2.21 bits per heavy atom. The number of amides is 1. The van der Waals surface area contributed by atoms with Gasteiger partial charge in [-0.15, -0.1) is 0 Å². The van der Waals surface area contributed by atoms with Crippen LogP contribution < -0.4 is 11.5 Å². The molecule has 0 heterocycles. The highest BCUT2D eigenvalue weighted by atomic mass is 32.2. The first-order chi connectivity index (χ1) is 11.1.